The molecule has 1 saturated heterocycles. The van der Waals surface area contributed by atoms with E-state index in [9.17, 15) is 0 Å². The fourth-order valence-electron chi connectivity index (χ4n) is 3.70. The Labute approximate surface area is 162 Å². The molecule has 1 aliphatic rings. The van der Waals surface area contributed by atoms with E-state index in [-0.39, 0.29) is 27.9 Å². The molecule has 1 fully saturated rings. The van der Waals surface area contributed by atoms with Crippen molar-refractivity contribution in [3.05, 3.63) is 30.3 Å². The van der Waals surface area contributed by atoms with Crippen LogP contribution in [0.1, 0.15) is 69.2 Å². The third-order valence-electron chi connectivity index (χ3n) is 4.44. The zero-order valence-corrected chi connectivity index (χ0v) is 18.5. The van der Waals surface area contributed by atoms with E-state index in [1.54, 1.807) is 0 Å². The van der Waals surface area contributed by atoms with Crippen molar-refractivity contribution >= 4 is 14.0 Å². The molecule has 5 heteroatoms. The second-order valence-corrected chi connectivity index (χ2v) is 9.43. The van der Waals surface area contributed by atoms with Gasteiger partial charge in [0.2, 0.25) is 0 Å². The fourth-order valence-corrected chi connectivity index (χ4v) is 3.70. The van der Waals surface area contributed by atoms with E-state index < -0.39 is 0 Å². The summed E-state index contributed by atoms with van der Waals surface area (Å²) < 4.78 is 5.43. The molecule has 0 saturated carbocycles. The molecular formula is C19H37B2CoN2-. The normalized spacial score (nSPS) is 16.7. The van der Waals surface area contributed by atoms with Gasteiger partial charge in [0.05, 0.1) is 0 Å². The van der Waals surface area contributed by atoms with E-state index >= 15 is 0 Å². The quantitative estimate of drug-likeness (QED) is 0.505. The molecule has 0 bridgehead atoms. The van der Waals surface area contributed by atoms with Gasteiger partial charge in [0.15, 0.2) is 0 Å². The Morgan fingerprint density at radius 2 is 1.00 bits per heavy atom. The molecule has 0 atom stereocenters. The first kappa shape index (κ1) is 23.9. The van der Waals surface area contributed by atoms with Crippen LogP contribution in [-0.2, 0) is 16.8 Å². The van der Waals surface area contributed by atoms with Crippen LogP contribution >= 0.6 is 0 Å². The number of hydrogen-bond acceptors (Lipinski definition) is 2. The van der Waals surface area contributed by atoms with Gasteiger partial charge in [0.25, 0.3) is 14.0 Å². The zero-order chi connectivity index (χ0) is 18.0. The van der Waals surface area contributed by atoms with Crippen LogP contribution in [0.5, 0.6) is 0 Å². The molecule has 2 rings (SSSR count). The number of nitrogens with zero attached hydrogens (tertiary/aromatic N) is 2. The topological polar surface area (TPSA) is 6.48 Å². The smallest absolute Gasteiger partial charge is 0.293 e. The summed E-state index contributed by atoms with van der Waals surface area (Å²) in [7, 11) is 0. The van der Waals surface area contributed by atoms with Gasteiger partial charge in [-0.05, 0) is 64.3 Å². The minimum Gasteiger partial charge on any atom is -0.352 e. The first-order valence-electron chi connectivity index (χ1n) is 9.12. The van der Waals surface area contributed by atoms with Crippen LogP contribution in [0.2, 0.25) is 11.6 Å². The van der Waals surface area contributed by atoms with Crippen molar-refractivity contribution in [2.75, 3.05) is 0 Å². The Balaban J connectivity index is 0.000000751. The van der Waals surface area contributed by atoms with E-state index in [1.807, 2.05) is 30.3 Å². The Kier molecular flexibility index (Phi) is 8.99. The molecular weight excluding hydrogens is 337 g/mol. The largest absolute Gasteiger partial charge is 0.352 e. The molecule has 0 spiro atoms. The van der Waals surface area contributed by atoms with E-state index in [0.717, 1.165) is 0 Å². The van der Waals surface area contributed by atoms with Crippen LogP contribution in [0.4, 0.5) is 0 Å². The summed E-state index contributed by atoms with van der Waals surface area (Å²) in [6.45, 7) is 24.6. The Bertz CT molecular complexity index is 392. The molecule has 1 radical (unpaired) electrons. The monoisotopic (exact) mass is 374 g/mol. The van der Waals surface area contributed by atoms with Crippen molar-refractivity contribution in [3.63, 3.8) is 0 Å². The molecule has 2 nitrogen and oxygen atoms in total. The maximum absolute atomic E-state index is 2.72. The summed E-state index contributed by atoms with van der Waals surface area (Å²) in [6, 6.07) is 10.0. The first-order chi connectivity index (χ1) is 10.4. The van der Waals surface area contributed by atoms with Crippen molar-refractivity contribution < 1.29 is 16.8 Å². The minimum atomic E-state index is 0. The van der Waals surface area contributed by atoms with Gasteiger partial charge >= 0.3 is 0 Å². The van der Waals surface area contributed by atoms with E-state index in [2.05, 4.69) is 78.7 Å². The van der Waals surface area contributed by atoms with Gasteiger partial charge in [-0.1, -0.05) is 27.7 Å². The molecule has 1 heterocycles. The second kappa shape index (κ2) is 9.02. The maximum Gasteiger partial charge on any atom is 0.293 e. The van der Waals surface area contributed by atoms with Crippen LogP contribution in [0.25, 0.3) is 0 Å². The van der Waals surface area contributed by atoms with Crippen LogP contribution in [0, 0.1) is 0 Å². The number of rotatable bonds is 2. The molecule has 0 amide bonds. The van der Waals surface area contributed by atoms with Crippen molar-refractivity contribution in [1.29, 1.82) is 0 Å². The zero-order valence-electron chi connectivity index (χ0n) is 17.4. The second-order valence-electron chi connectivity index (χ2n) is 9.43. The van der Waals surface area contributed by atoms with Gasteiger partial charge < -0.3 is 9.44 Å². The van der Waals surface area contributed by atoms with Crippen molar-refractivity contribution in [3.8, 4) is 0 Å². The number of hydrogen-bond donors (Lipinski definition) is 0. The van der Waals surface area contributed by atoms with Gasteiger partial charge in [-0.25, -0.2) is 12.1 Å². The van der Waals surface area contributed by atoms with Crippen molar-refractivity contribution in [1.82, 2.24) is 9.44 Å². The summed E-state index contributed by atoms with van der Waals surface area (Å²) in [6.07, 6.45) is 0. The average molecular weight is 374 g/mol. The van der Waals surface area contributed by atoms with Gasteiger partial charge in [0.1, 0.15) is 0 Å². The van der Waals surface area contributed by atoms with Gasteiger partial charge in [-0.15, -0.1) is 0 Å². The molecule has 1 aromatic rings. The Morgan fingerprint density at radius 1 is 0.708 bits per heavy atom. The SMILES string of the molecule is CC(C)B1N(C(C)(C)C)B(C(C)C)N1C(C)(C)C.[Co].c1cc[cH-]c1. The van der Waals surface area contributed by atoms with Gasteiger partial charge in [-0.2, -0.15) is 18.2 Å². The molecule has 0 N–H and O–H groups in total. The predicted octanol–water partition coefficient (Wildman–Crippen LogP) is 5.40. The molecule has 0 unspecified atom stereocenters. The maximum atomic E-state index is 2.72. The van der Waals surface area contributed by atoms with Crippen LogP contribution in [0.15, 0.2) is 30.3 Å². The standard InChI is InChI=1S/C14H32B2N2.C5H5.Co/c1-11(2)15-17(13(5,6)7)16(12(3)4)18(15)14(8,9)10;1-2-4-5-3-1;/h11-12H,1-10H3;1-5H;/q;-1;. The molecule has 24 heavy (non-hydrogen) atoms. The van der Waals surface area contributed by atoms with Crippen LogP contribution in [0.3, 0.4) is 0 Å². The third kappa shape index (κ3) is 5.72. The molecule has 139 valence electrons. The molecule has 1 aromatic carbocycles. The predicted molar refractivity (Wildman–Crippen MR) is 107 cm³/mol. The summed E-state index contributed by atoms with van der Waals surface area (Å²) in [5.74, 6) is 1.33. The minimum absolute atomic E-state index is 0. The van der Waals surface area contributed by atoms with E-state index in [4.69, 9.17) is 0 Å². The van der Waals surface area contributed by atoms with E-state index in [0.29, 0.717) is 25.6 Å². The van der Waals surface area contributed by atoms with Gasteiger partial charge in [-0.3, -0.25) is 0 Å². The summed E-state index contributed by atoms with van der Waals surface area (Å²) in [4.78, 5) is 0. The average Bonchev–Trinajstić information content (AvgIpc) is 2.79. The Morgan fingerprint density at radius 3 is 1.12 bits per heavy atom. The fraction of sp³-hybridized carbons (Fsp3) is 0.737. The van der Waals surface area contributed by atoms with Crippen LogP contribution in [-0.4, -0.2) is 34.5 Å². The third-order valence-corrected chi connectivity index (χ3v) is 4.44. The molecule has 0 aliphatic carbocycles. The molecule has 1 aliphatic heterocycles. The van der Waals surface area contributed by atoms with E-state index in [1.165, 1.54) is 0 Å². The first-order valence-corrected chi connectivity index (χ1v) is 9.12. The van der Waals surface area contributed by atoms with Crippen LogP contribution < -0.4 is 0 Å². The Hall–Kier alpha value is -0.0936. The summed E-state index contributed by atoms with van der Waals surface area (Å²) in [5.41, 5.74) is 0.483. The van der Waals surface area contributed by atoms with Crippen molar-refractivity contribution in [2.24, 2.45) is 0 Å². The summed E-state index contributed by atoms with van der Waals surface area (Å²) >= 11 is 0. The molecule has 0 aromatic heterocycles. The summed E-state index contributed by atoms with van der Waals surface area (Å²) in [5, 5.41) is 0. The van der Waals surface area contributed by atoms with Crippen molar-refractivity contribution in [2.45, 2.75) is 91.9 Å². The van der Waals surface area contributed by atoms with Gasteiger partial charge in [0, 0.05) is 16.8 Å².